The van der Waals surface area contributed by atoms with E-state index in [1.165, 1.54) is 12.1 Å². The van der Waals surface area contributed by atoms with Crippen LogP contribution in [0, 0.1) is 5.82 Å². The van der Waals surface area contributed by atoms with E-state index in [0.29, 0.717) is 6.42 Å². The first-order chi connectivity index (χ1) is 9.94. The van der Waals surface area contributed by atoms with Crippen molar-refractivity contribution in [1.29, 1.82) is 0 Å². The van der Waals surface area contributed by atoms with E-state index in [-0.39, 0.29) is 17.8 Å². The van der Waals surface area contributed by atoms with Crippen molar-refractivity contribution >= 4 is 17.2 Å². The monoisotopic (exact) mass is 306 g/mol. The maximum Gasteiger partial charge on any atom is 0.240 e. The maximum atomic E-state index is 13.1. The molecule has 2 rings (SSSR count). The number of thiophene rings is 1. The van der Waals surface area contributed by atoms with Gasteiger partial charge in [-0.2, -0.15) is 0 Å². The van der Waals surface area contributed by atoms with Gasteiger partial charge in [0, 0.05) is 4.88 Å². The Kier molecular flexibility index (Phi) is 4.75. The van der Waals surface area contributed by atoms with E-state index in [4.69, 9.17) is 5.73 Å². The lowest BCUT2D eigenvalue weighted by molar-refractivity contribution is -0.126. The van der Waals surface area contributed by atoms with Crippen LogP contribution in [0.15, 0.2) is 41.8 Å². The molecule has 3 N–H and O–H groups in total. The van der Waals surface area contributed by atoms with Gasteiger partial charge in [0.25, 0.3) is 0 Å². The molecule has 0 aliphatic rings. The SMILES string of the molecule is CCC(C)(N)C(=O)NC(c1ccc(F)cc1)c1cccs1. The highest BCUT2D eigenvalue weighted by molar-refractivity contribution is 7.10. The second-order valence-electron chi connectivity index (χ2n) is 5.24. The quantitative estimate of drug-likeness (QED) is 0.891. The number of halogens is 1. The normalized spacial score (nSPS) is 15.2. The van der Waals surface area contributed by atoms with E-state index in [2.05, 4.69) is 5.32 Å². The van der Waals surface area contributed by atoms with E-state index < -0.39 is 5.54 Å². The molecule has 0 aliphatic heterocycles. The minimum atomic E-state index is -0.921. The molecule has 2 unspecified atom stereocenters. The fourth-order valence-electron chi connectivity index (χ4n) is 1.89. The van der Waals surface area contributed by atoms with Gasteiger partial charge in [0.15, 0.2) is 0 Å². The van der Waals surface area contributed by atoms with Gasteiger partial charge in [-0.3, -0.25) is 4.79 Å². The Balaban J connectivity index is 2.30. The zero-order valence-corrected chi connectivity index (χ0v) is 12.9. The van der Waals surface area contributed by atoms with Crippen molar-refractivity contribution in [2.24, 2.45) is 5.73 Å². The molecular weight excluding hydrogens is 287 g/mol. The fourth-order valence-corrected chi connectivity index (χ4v) is 2.69. The third kappa shape index (κ3) is 3.68. The molecule has 0 bridgehead atoms. The highest BCUT2D eigenvalue weighted by atomic mass is 32.1. The number of benzene rings is 1. The van der Waals surface area contributed by atoms with Crippen LogP contribution >= 0.6 is 11.3 Å². The van der Waals surface area contributed by atoms with Gasteiger partial charge < -0.3 is 11.1 Å². The van der Waals surface area contributed by atoms with E-state index in [9.17, 15) is 9.18 Å². The van der Waals surface area contributed by atoms with Crippen molar-refractivity contribution in [2.45, 2.75) is 31.8 Å². The summed E-state index contributed by atoms with van der Waals surface area (Å²) in [5, 5.41) is 4.91. The minimum Gasteiger partial charge on any atom is -0.343 e. The first-order valence-corrected chi connectivity index (χ1v) is 7.70. The van der Waals surface area contributed by atoms with Gasteiger partial charge in [-0.1, -0.05) is 25.1 Å². The van der Waals surface area contributed by atoms with Crippen molar-refractivity contribution in [3.05, 3.63) is 58.0 Å². The average Bonchev–Trinajstić information content (AvgIpc) is 2.99. The van der Waals surface area contributed by atoms with E-state index in [1.54, 1.807) is 30.4 Å². The van der Waals surface area contributed by atoms with E-state index >= 15 is 0 Å². The zero-order chi connectivity index (χ0) is 15.5. The highest BCUT2D eigenvalue weighted by Gasteiger charge is 2.29. The zero-order valence-electron chi connectivity index (χ0n) is 12.1. The van der Waals surface area contributed by atoms with Crippen LogP contribution in [0.2, 0.25) is 0 Å². The van der Waals surface area contributed by atoms with Crippen LogP contribution in [-0.4, -0.2) is 11.4 Å². The molecule has 1 amide bonds. The smallest absolute Gasteiger partial charge is 0.240 e. The van der Waals surface area contributed by atoms with Gasteiger partial charge in [0.1, 0.15) is 5.82 Å². The van der Waals surface area contributed by atoms with Gasteiger partial charge >= 0.3 is 0 Å². The molecule has 21 heavy (non-hydrogen) atoms. The first-order valence-electron chi connectivity index (χ1n) is 6.83. The topological polar surface area (TPSA) is 55.1 Å². The Morgan fingerprint density at radius 2 is 2.05 bits per heavy atom. The van der Waals surface area contributed by atoms with Crippen molar-refractivity contribution < 1.29 is 9.18 Å². The first kappa shape index (κ1) is 15.7. The predicted octanol–water partition coefficient (Wildman–Crippen LogP) is 3.22. The molecule has 3 nitrogen and oxygen atoms in total. The van der Waals surface area contributed by atoms with Crippen molar-refractivity contribution in [1.82, 2.24) is 5.32 Å². The second kappa shape index (κ2) is 6.37. The van der Waals surface area contributed by atoms with Gasteiger partial charge in [-0.25, -0.2) is 4.39 Å². The molecule has 1 aromatic carbocycles. The van der Waals surface area contributed by atoms with Gasteiger partial charge in [0.2, 0.25) is 5.91 Å². The summed E-state index contributed by atoms with van der Waals surface area (Å²) in [5.41, 5.74) is 5.91. The Bertz CT molecular complexity index is 593. The van der Waals surface area contributed by atoms with Gasteiger partial charge in [-0.15, -0.1) is 11.3 Å². The number of carbonyl (C=O) groups is 1. The number of hydrogen-bond acceptors (Lipinski definition) is 3. The summed E-state index contributed by atoms with van der Waals surface area (Å²) < 4.78 is 13.1. The average molecular weight is 306 g/mol. The summed E-state index contributed by atoms with van der Waals surface area (Å²) in [6.45, 7) is 3.58. The molecule has 0 fully saturated rings. The summed E-state index contributed by atoms with van der Waals surface area (Å²) in [6.07, 6.45) is 0.541. The van der Waals surface area contributed by atoms with Crippen LogP contribution in [-0.2, 0) is 4.79 Å². The summed E-state index contributed by atoms with van der Waals surface area (Å²) >= 11 is 1.54. The maximum absolute atomic E-state index is 13.1. The highest BCUT2D eigenvalue weighted by Crippen LogP contribution is 2.27. The second-order valence-corrected chi connectivity index (χ2v) is 6.22. The molecule has 1 heterocycles. The van der Waals surface area contributed by atoms with Crippen molar-refractivity contribution in [3.63, 3.8) is 0 Å². The summed E-state index contributed by atoms with van der Waals surface area (Å²) in [6, 6.07) is 9.70. The number of nitrogens with two attached hydrogens (primary N) is 1. The molecule has 0 spiro atoms. The molecule has 1 aromatic heterocycles. The number of nitrogens with one attached hydrogen (secondary N) is 1. The lowest BCUT2D eigenvalue weighted by Crippen LogP contribution is -2.52. The van der Waals surface area contributed by atoms with Crippen molar-refractivity contribution in [2.75, 3.05) is 0 Å². The standard InChI is InChI=1S/C16H19FN2OS/c1-3-16(2,18)15(20)19-14(13-5-4-10-21-13)11-6-8-12(17)9-7-11/h4-10,14H,3,18H2,1-2H3,(H,19,20). The molecular formula is C16H19FN2OS. The number of hydrogen-bond donors (Lipinski definition) is 2. The summed E-state index contributed by atoms with van der Waals surface area (Å²) in [4.78, 5) is 13.3. The Hall–Kier alpha value is -1.72. The molecule has 0 saturated carbocycles. The lowest BCUT2D eigenvalue weighted by atomic mass is 9.97. The van der Waals surface area contributed by atoms with Crippen molar-refractivity contribution in [3.8, 4) is 0 Å². The lowest BCUT2D eigenvalue weighted by Gasteiger charge is -2.26. The summed E-state index contributed by atoms with van der Waals surface area (Å²) in [7, 11) is 0. The molecule has 0 aliphatic carbocycles. The summed E-state index contributed by atoms with van der Waals surface area (Å²) in [5.74, 6) is -0.514. The molecule has 112 valence electrons. The van der Waals surface area contributed by atoms with Crippen LogP contribution in [0.4, 0.5) is 4.39 Å². The molecule has 5 heteroatoms. The molecule has 2 aromatic rings. The Morgan fingerprint density at radius 3 is 2.57 bits per heavy atom. The molecule has 2 atom stereocenters. The van der Waals surface area contributed by atoms with Crippen LogP contribution in [0.5, 0.6) is 0 Å². The fraction of sp³-hybridized carbons (Fsp3) is 0.312. The Morgan fingerprint density at radius 1 is 1.38 bits per heavy atom. The van der Waals surface area contributed by atoms with Crippen LogP contribution in [0.1, 0.15) is 36.8 Å². The van der Waals surface area contributed by atoms with E-state index in [0.717, 1.165) is 10.4 Å². The van der Waals surface area contributed by atoms with Crippen LogP contribution in [0.25, 0.3) is 0 Å². The third-order valence-electron chi connectivity index (χ3n) is 3.56. The number of rotatable bonds is 5. The van der Waals surface area contributed by atoms with E-state index in [1.807, 2.05) is 24.4 Å². The predicted molar refractivity (Wildman–Crippen MR) is 83.6 cm³/mol. The third-order valence-corrected chi connectivity index (χ3v) is 4.50. The largest absolute Gasteiger partial charge is 0.343 e. The number of carbonyl (C=O) groups excluding carboxylic acids is 1. The van der Waals surface area contributed by atoms with Crippen LogP contribution < -0.4 is 11.1 Å². The van der Waals surface area contributed by atoms with Gasteiger partial charge in [-0.05, 0) is 42.5 Å². The number of amides is 1. The Labute approximate surface area is 128 Å². The minimum absolute atomic E-state index is 0.215. The van der Waals surface area contributed by atoms with Crippen LogP contribution in [0.3, 0.4) is 0 Å². The molecule has 0 radical (unpaired) electrons. The van der Waals surface area contributed by atoms with Gasteiger partial charge in [0.05, 0.1) is 11.6 Å². The molecule has 0 saturated heterocycles.